The van der Waals surface area contributed by atoms with Gasteiger partial charge in [0.15, 0.2) is 0 Å². The number of hydrogen-bond acceptors (Lipinski definition) is 3. The average Bonchev–Trinajstić information content (AvgIpc) is 2.45. The summed E-state index contributed by atoms with van der Waals surface area (Å²) in [6.07, 6.45) is 1.96. The number of anilines is 2. The lowest BCUT2D eigenvalue weighted by molar-refractivity contribution is 0.0697. The smallest absolute Gasteiger partial charge is 0.339 e. The number of carbonyl (C=O) groups is 1. The summed E-state index contributed by atoms with van der Waals surface area (Å²) >= 11 is 5.96. The molecule has 1 aliphatic rings. The summed E-state index contributed by atoms with van der Waals surface area (Å²) in [6, 6.07) is 9.22. The predicted molar refractivity (Wildman–Crippen MR) is 82.7 cm³/mol. The van der Waals surface area contributed by atoms with Crippen molar-refractivity contribution in [3.63, 3.8) is 0 Å². The largest absolute Gasteiger partial charge is 0.478 e. The Balaban J connectivity index is 2.15. The Kier molecular flexibility index (Phi) is 3.55. The number of benzene rings is 1. The van der Waals surface area contributed by atoms with Crippen molar-refractivity contribution in [1.29, 1.82) is 0 Å². The number of carboxylic acids is 1. The first-order valence-electron chi connectivity index (χ1n) is 6.83. The summed E-state index contributed by atoms with van der Waals surface area (Å²) in [4.78, 5) is 17.6. The molecule has 21 heavy (non-hydrogen) atoms. The fraction of sp³-hybridized carbons (Fsp3) is 0.250. The Bertz CT molecular complexity index is 715. The third-order valence-corrected chi connectivity index (χ3v) is 3.89. The zero-order chi connectivity index (χ0) is 15.0. The maximum Gasteiger partial charge on any atom is 0.339 e. The lowest BCUT2D eigenvalue weighted by Gasteiger charge is -2.31. The van der Waals surface area contributed by atoms with Crippen LogP contribution in [0, 0.1) is 6.92 Å². The Labute approximate surface area is 128 Å². The number of fused-ring (bicyclic) bond motifs is 1. The fourth-order valence-electron chi connectivity index (χ4n) is 2.74. The van der Waals surface area contributed by atoms with Crippen molar-refractivity contribution in [2.45, 2.75) is 19.8 Å². The van der Waals surface area contributed by atoms with Crippen molar-refractivity contribution in [2.24, 2.45) is 0 Å². The first kappa shape index (κ1) is 13.9. The maximum atomic E-state index is 11.4. The number of halogens is 1. The van der Waals surface area contributed by atoms with E-state index in [4.69, 9.17) is 11.6 Å². The van der Waals surface area contributed by atoms with Crippen molar-refractivity contribution in [3.8, 4) is 0 Å². The van der Waals surface area contributed by atoms with Gasteiger partial charge in [-0.05, 0) is 43.5 Å². The van der Waals surface area contributed by atoms with Crippen LogP contribution in [0.2, 0.25) is 5.15 Å². The number of hydrogen-bond donors (Lipinski definition) is 1. The SMILES string of the molecule is Cc1ccc2c(c1)CCCN2c1nc(Cl)ccc1C(=O)O. The van der Waals surface area contributed by atoms with Gasteiger partial charge in [0.05, 0.1) is 0 Å². The molecular weight excluding hydrogens is 288 g/mol. The Hall–Kier alpha value is -2.07. The molecule has 0 aliphatic carbocycles. The molecule has 0 bridgehead atoms. The van der Waals surface area contributed by atoms with E-state index in [1.807, 2.05) is 17.0 Å². The molecule has 0 spiro atoms. The van der Waals surface area contributed by atoms with Crippen LogP contribution in [0.4, 0.5) is 11.5 Å². The summed E-state index contributed by atoms with van der Waals surface area (Å²) in [7, 11) is 0. The zero-order valence-electron chi connectivity index (χ0n) is 11.6. The highest BCUT2D eigenvalue weighted by Gasteiger charge is 2.24. The number of nitrogens with zero attached hydrogens (tertiary/aromatic N) is 2. The van der Waals surface area contributed by atoms with Gasteiger partial charge in [0, 0.05) is 12.2 Å². The molecule has 2 heterocycles. The van der Waals surface area contributed by atoms with Crippen LogP contribution in [0.15, 0.2) is 30.3 Å². The van der Waals surface area contributed by atoms with Crippen molar-refractivity contribution >= 4 is 29.1 Å². The van der Waals surface area contributed by atoms with Crippen LogP contribution >= 0.6 is 11.6 Å². The molecule has 4 nitrogen and oxygen atoms in total. The highest BCUT2D eigenvalue weighted by molar-refractivity contribution is 6.29. The minimum Gasteiger partial charge on any atom is -0.478 e. The molecule has 0 unspecified atom stereocenters. The van der Waals surface area contributed by atoms with E-state index in [0.29, 0.717) is 11.0 Å². The van der Waals surface area contributed by atoms with Gasteiger partial charge < -0.3 is 10.0 Å². The number of aromatic carboxylic acids is 1. The van der Waals surface area contributed by atoms with Crippen LogP contribution in [0.1, 0.15) is 27.9 Å². The van der Waals surface area contributed by atoms with Gasteiger partial charge in [-0.25, -0.2) is 9.78 Å². The number of pyridine rings is 1. The standard InChI is InChI=1S/C16H15ClN2O2/c1-10-4-6-13-11(9-10)3-2-8-19(13)15-12(16(20)21)5-7-14(17)18-15/h4-7,9H,2-3,8H2,1H3,(H,20,21). The van der Waals surface area contributed by atoms with E-state index in [2.05, 4.69) is 18.0 Å². The van der Waals surface area contributed by atoms with Gasteiger partial charge in [-0.3, -0.25) is 0 Å². The molecule has 0 radical (unpaired) electrons. The molecule has 2 aromatic rings. The number of rotatable bonds is 2. The van der Waals surface area contributed by atoms with Crippen LogP contribution in [0.25, 0.3) is 0 Å². The lowest BCUT2D eigenvalue weighted by Crippen LogP contribution is -2.27. The molecule has 5 heteroatoms. The molecular formula is C16H15ClN2O2. The van der Waals surface area contributed by atoms with Gasteiger partial charge in [0.1, 0.15) is 16.5 Å². The molecule has 1 aromatic heterocycles. The van der Waals surface area contributed by atoms with Gasteiger partial charge >= 0.3 is 5.97 Å². The van der Waals surface area contributed by atoms with Crippen molar-refractivity contribution in [1.82, 2.24) is 4.98 Å². The van der Waals surface area contributed by atoms with E-state index in [1.54, 1.807) is 0 Å². The molecule has 0 amide bonds. The van der Waals surface area contributed by atoms with E-state index in [-0.39, 0.29) is 5.56 Å². The fourth-order valence-corrected chi connectivity index (χ4v) is 2.89. The van der Waals surface area contributed by atoms with Crippen LogP contribution in [-0.2, 0) is 6.42 Å². The predicted octanol–water partition coefficient (Wildman–Crippen LogP) is 3.83. The number of carboxylic acid groups (broad SMARTS) is 1. The van der Waals surface area contributed by atoms with Crippen LogP contribution in [0.3, 0.4) is 0 Å². The van der Waals surface area contributed by atoms with Crippen molar-refractivity contribution < 1.29 is 9.90 Å². The van der Waals surface area contributed by atoms with E-state index >= 15 is 0 Å². The Morgan fingerprint density at radius 2 is 2.14 bits per heavy atom. The third kappa shape index (κ3) is 2.59. The van der Waals surface area contributed by atoms with Crippen molar-refractivity contribution in [3.05, 3.63) is 52.2 Å². The zero-order valence-corrected chi connectivity index (χ0v) is 12.4. The van der Waals surface area contributed by atoms with E-state index in [9.17, 15) is 9.90 Å². The second-order valence-corrected chi connectivity index (χ2v) is 5.58. The first-order valence-corrected chi connectivity index (χ1v) is 7.21. The van der Waals surface area contributed by atoms with E-state index < -0.39 is 5.97 Å². The lowest BCUT2D eigenvalue weighted by atomic mass is 9.99. The summed E-state index contributed by atoms with van der Waals surface area (Å²) in [5.41, 5.74) is 3.62. The quantitative estimate of drug-likeness (QED) is 0.857. The molecule has 1 aromatic carbocycles. The van der Waals surface area contributed by atoms with Gasteiger partial charge in [-0.15, -0.1) is 0 Å². The molecule has 0 atom stereocenters. The molecule has 108 valence electrons. The highest BCUT2D eigenvalue weighted by Crippen LogP contribution is 2.35. The summed E-state index contributed by atoms with van der Waals surface area (Å²) < 4.78 is 0. The number of aryl methyl sites for hydroxylation is 2. The van der Waals surface area contributed by atoms with Gasteiger partial charge in [-0.1, -0.05) is 29.3 Å². The van der Waals surface area contributed by atoms with Gasteiger partial charge in [0.2, 0.25) is 0 Å². The highest BCUT2D eigenvalue weighted by atomic mass is 35.5. The molecule has 1 N–H and O–H groups in total. The maximum absolute atomic E-state index is 11.4. The summed E-state index contributed by atoms with van der Waals surface area (Å²) in [6.45, 7) is 2.79. The Morgan fingerprint density at radius 1 is 1.33 bits per heavy atom. The minimum atomic E-state index is -0.992. The van der Waals surface area contributed by atoms with Crippen LogP contribution < -0.4 is 4.90 Å². The summed E-state index contributed by atoms with van der Waals surface area (Å²) in [5, 5.41) is 9.67. The molecule has 0 saturated carbocycles. The van der Waals surface area contributed by atoms with E-state index in [1.165, 1.54) is 23.3 Å². The topological polar surface area (TPSA) is 53.4 Å². The average molecular weight is 303 g/mol. The molecule has 1 aliphatic heterocycles. The second kappa shape index (κ2) is 5.37. The van der Waals surface area contributed by atoms with Crippen LogP contribution in [0.5, 0.6) is 0 Å². The summed E-state index contributed by atoms with van der Waals surface area (Å²) in [5.74, 6) is -0.576. The first-order chi connectivity index (χ1) is 10.1. The molecule has 0 fully saturated rings. The minimum absolute atomic E-state index is 0.174. The monoisotopic (exact) mass is 302 g/mol. The molecule has 3 rings (SSSR count). The van der Waals surface area contributed by atoms with Crippen LogP contribution in [-0.4, -0.2) is 22.6 Å². The second-order valence-electron chi connectivity index (χ2n) is 5.20. The Morgan fingerprint density at radius 3 is 2.90 bits per heavy atom. The normalized spacial score (nSPS) is 13.9. The third-order valence-electron chi connectivity index (χ3n) is 3.68. The van der Waals surface area contributed by atoms with Crippen molar-refractivity contribution in [2.75, 3.05) is 11.4 Å². The number of aromatic nitrogens is 1. The molecule has 0 saturated heterocycles. The van der Waals surface area contributed by atoms with Gasteiger partial charge in [-0.2, -0.15) is 0 Å². The van der Waals surface area contributed by atoms with Gasteiger partial charge in [0.25, 0.3) is 0 Å². The van der Waals surface area contributed by atoms with E-state index in [0.717, 1.165) is 25.1 Å².